The first-order valence-corrected chi connectivity index (χ1v) is 5.92. The lowest BCUT2D eigenvalue weighted by Gasteiger charge is -2.10. The highest BCUT2D eigenvalue weighted by Crippen LogP contribution is 2.37. The van der Waals surface area contributed by atoms with Crippen molar-refractivity contribution in [1.82, 2.24) is 0 Å². The highest BCUT2D eigenvalue weighted by atomic mass is 35.5. The molecule has 4 heteroatoms. The number of halogens is 3. The molecule has 0 fully saturated rings. The molecule has 0 saturated heterocycles. The maximum Gasteiger partial charge on any atom is 0.139 e. The Morgan fingerprint density at radius 2 is 1.80 bits per heavy atom. The highest BCUT2D eigenvalue weighted by Gasteiger charge is 2.09. The number of ether oxygens (including phenoxy) is 1. The van der Waals surface area contributed by atoms with Gasteiger partial charge in [-0.1, -0.05) is 48.7 Å². The van der Waals surface area contributed by atoms with Gasteiger partial charge in [0, 0.05) is 0 Å². The van der Waals surface area contributed by atoms with E-state index in [9.17, 15) is 0 Å². The Hall–Kier alpha value is -0.110. The van der Waals surface area contributed by atoms with Crippen LogP contribution in [0.4, 0.5) is 0 Å². The van der Waals surface area contributed by atoms with Gasteiger partial charge in [0.15, 0.2) is 0 Å². The fourth-order valence-corrected chi connectivity index (χ4v) is 1.61. The van der Waals surface area contributed by atoms with Crippen LogP contribution < -0.4 is 4.74 Å². The third-order valence-corrected chi connectivity index (χ3v) is 3.23. The summed E-state index contributed by atoms with van der Waals surface area (Å²) in [5.41, 5.74) is 0. The molecule has 1 aromatic rings. The zero-order valence-corrected chi connectivity index (χ0v) is 11.0. The fraction of sp³-hybridized carbons (Fsp3) is 0.455. The van der Waals surface area contributed by atoms with Gasteiger partial charge in [-0.3, -0.25) is 0 Å². The fourth-order valence-electron chi connectivity index (χ4n) is 1.02. The minimum atomic E-state index is 0.348. The van der Waals surface area contributed by atoms with Crippen molar-refractivity contribution in [2.45, 2.75) is 20.3 Å². The van der Waals surface area contributed by atoms with Gasteiger partial charge in [0.2, 0.25) is 0 Å². The van der Waals surface area contributed by atoms with Gasteiger partial charge in [-0.25, -0.2) is 0 Å². The van der Waals surface area contributed by atoms with Crippen LogP contribution in [-0.2, 0) is 0 Å². The van der Waals surface area contributed by atoms with E-state index < -0.39 is 0 Å². The molecular formula is C11H13Cl3O. The molecule has 0 aromatic heterocycles. The van der Waals surface area contributed by atoms with Gasteiger partial charge < -0.3 is 4.74 Å². The van der Waals surface area contributed by atoms with E-state index in [0.29, 0.717) is 33.3 Å². The van der Waals surface area contributed by atoms with Crippen molar-refractivity contribution in [3.63, 3.8) is 0 Å². The normalized spacial score (nSPS) is 10.8. The first kappa shape index (κ1) is 13.0. The quantitative estimate of drug-likeness (QED) is 0.692. The van der Waals surface area contributed by atoms with Crippen molar-refractivity contribution in [3.05, 3.63) is 27.2 Å². The lowest BCUT2D eigenvalue weighted by molar-refractivity contribution is 0.289. The molecule has 0 unspecified atom stereocenters. The molecule has 0 aliphatic heterocycles. The second kappa shape index (κ2) is 5.83. The van der Waals surface area contributed by atoms with E-state index in [1.165, 1.54) is 0 Å². The van der Waals surface area contributed by atoms with E-state index in [1.54, 1.807) is 12.1 Å². The molecule has 0 heterocycles. The molecule has 84 valence electrons. The van der Waals surface area contributed by atoms with E-state index >= 15 is 0 Å². The van der Waals surface area contributed by atoms with Crippen molar-refractivity contribution < 1.29 is 4.74 Å². The largest absolute Gasteiger partial charge is 0.492 e. The average Bonchev–Trinajstić information content (AvgIpc) is 2.18. The smallest absolute Gasteiger partial charge is 0.139 e. The molecular weight excluding hydrogens is 254 g/mol. The first-order chi connectivity index (χ1) is 7.02. The zero-order chi connectivity index (χ0) is 11.4. The van der Waals surface area contributed by atoms with Gasteiger partial charge in [0.05, 0.1) is 16.7 Å². The summed E-state index contributed by atoms with van der Waals surface area (Å²) in [6.45, 7) is 4.91. The van der Waals surface area contributed by atoms with E-state index in [-0.39, 0.29) is 0 Å². The molecule has 0 radical (unpaired) electrons. The Morgan fingerprint density at radius 1 is 1.13 bits per heavy atom. The Morgan fingerprint density at radius 3 is 2.40 bits per heavy atom. The molecule has 0 aliphatic carbocycles. The topological polar surface area (TPSA) is 9.23 Å². The summed E-state index contributed by atoms with van der Waals surface area (Å²) in [6, 6.07) is 3.41. The number of benzene rings is 1. The molecule has 0 aliphatic rings. The standard InChI is InChI=1S/C11H13Cl3O/c1-7(2)5-6-15-9-4-3-8(12)10(13)11(9)14/h3-4,7H,5-6H2,1-2H3. The summed E-state index contributed by atoms with van der Waals surface area (Å²) in [7, 11) is 0. The Bertz CT molecular complexity index is 337. The van der Waals surface area contributed by atoms with Crippen LogP contribution >= 0.6 is 34.8 Å². The van der Waals surface area contributed by atoms with Crippen LogP contribution in [-0.4, -0.2) is 6.61 Å². The summed E-state index contributed by atoms with van der Waals surface area (Å²) in [4.78, 5) is 0. The van der Waals surface area contributed by atoms with Gasteiger partial charge in [-0.05, 0) is 24.5 Å². The van der Waals surface area contributed by atoms with Crippen LogP contribution in [0.2, 0.25) is 15.1 Å². The summed E-state index contributed by atoms with van der Waals surface area (Å²) in [5.74, 6) is 1.19. The predicted molar refractivity (Wildman–Crippen MR) is 66.4 cm³/mol. The van der Waals surface area contributed by atoms with E-state index in [2.05, 4.69) is 13.8 Å². The molecule has 15 heavy (non-hydrogen) atoms. The van der Waals surface area contributed by atoms with Crippen molar-refractivity contribution in [3.8, 4) is 5.75 Å². The van der Waals surface area contributed by atoms with Gasteiger partial charge in [-0.15, -0.1) is 0 Å². The van der Waals surface area contributed by atoms with Crippen LogP contribution in [0, 0.1) is 5.92 Å². The Labute approximate surface area is 105 Å². The van der Waals surface area contributed by atoms with Crippen LogP contribution in [0.5, 0.6) is 5.75 Å². The van der Waals surface area contributed by atoms with Crippen LogP contribution in [0.3, 0.4) is 0 Å². The monoisotopic (exact) mass is 266 g/mol. The molecule has 1 rings (SSSR count). The summed E-state index contributed by atoms with van der Waals surface area (Å²) < 4.78 is 5.51. The minimum absolute atomic E-state index is 0.348. The average molecular weight is 268 g/mol. The molecule has 1 aromatic carbocycles. The highest BCUT2D eigenvalue weighted by molar-refractivity contribution is 6.48. The number of hydrogen-bond donors (Lipinski definition) is 0. The lowest BCUT2D eigenvalue weighted by atomic mass is 10.1. The van der Waals surface area contributed by atoms with E-state index in [4.69, 9.17) is 39.5 Å². The molecule has 0 amide bonds. The lowest BCUT2D eigenvalue weighted by Crippen LogP contribution is -2.01. The molecule has 0 atom stereocenters. The number of rotatable bonds is 4. The van der Waals surface area contributed by atoms with Crippen molar-refractivity contribution in [2.24, 2.45) is 5.92 Å². The summed E-state index contributed by atoms with van der Waals surface area (Å²) >= 11 is 17.7. The van der Waals surface area contributed by atoms with E-state index in [0.717, 1.165) is 6.42 Å². The second-order valence-corrected chi connectivity index (χ2v) is 4.87. The maximum absolute atomic E-state index is 5.97. The molecule has 0 N–H and O–H groups in total. The van der Waals surface area contributed by atoms with Gasteiger partial charge in [0.1, 0.15) is 10.8 Å². The summed E-state index contributed by atoms with van der Waals surface area (Å²) in [6.07, 6.45) is 0.983. The SMILES string of the molecule is CC(C)CCOc1ccc(Cl)c(Cl)c1Cl. The van der Waals surface area contributed by atoms with Crippen molar-refractivity contribution in [2.75, 3.05) is 6.61 Å². The van der Waals surface area contributed by atoms with Gasteiger partial charge in [0.25, 0.3) is 0 Å². The van der Waals surface area contributed by atoms with Gasteiger partial charge >= 0.3 is 0 Å². The van der Waals surface area contributed by atoms with Crippen LogP contribution in [0.1, 0.15) is 20.3 Å². The number of hydrogen-bond acceptors (Lipinski definition) is 1. The Balaban J connectivity index is 2.66. The van der Waals surface area contributed by atoms with Crippen molar-refractivity contribution in [1.29, 1.82) is 0 Å². The molecule has 0 bridgehead atoms. The van der Waals surface area contributed by atoms with Crippen LogP contribution in [0.15, 0.2) is 12.1 Å². The molecule has 1 nitrogen and oxygen atoms in total. The summed E-state index contributed by atoms with van der Waals surface area (Å²) in [5, 5.41) is 1.17. The van der Waals surface area contributed by atoms with Crippen molar-refractivity contribution >= 4 is 34.8 Å². The predicted octanol–water partition coefficient (Wildman–Crippen LogP) is 5.07. The first-order valence-electron chi connectivity index (χ1n) is 4.78. The maximum atomic E-state index is 5.97. The Kier molecular flexibility index (Phi) is 5.04. The zero-order valence-electron chi connectivity index (χ0n) is 8.69. The van der Waals surface area contributed by atoms with Crippen LogP contribution in [0.25, 0.3) is 0 Å². The third kappa shape index (κ3) is 3.75. The van der Waals surface area contributed by atoms with E-state index in [1.807, 2.05) is 0 Å². The van der Waals surface area contributed by atoms with Gasteiger partial charge in [-0.2, -0.15) is 0 Å². The second-order valence-electron chi connectivity index (χ2n) is 3.70. The third-order valence-electron chi connectivity index (χ3n) is 1.95. The molecule has 0 spiro atoms. The minimum Gasteiger partial charge on any atom is -0.492 e. The molecule has 0 saturated carbocycles.